The van der Waals surface area contributed by atoms with E-state index in [4.69, 9.17) is 9.84 Å². The minimum Gasteiger partial charge on any atom is -0.507 e. The highest BCUT2D eigenvalue weighted by Crippen LogP contribution is 2.34. The van der Waals surface area contributed by atoms with Crippen LogP contribution in [-0.4, -0.2) is 22.0 Å². The molecule has 0 saturated carbocycles. The lowest BCUT2D eigenvalue weighted by Gasteiger charge is -2.08. The number of carboxylic acid groups (broad SMARTS) is 1. The molecule has 0 aliphatic heterocycles. The van der Waals surface area contributed by atoms with Gasteiger partial charge in [0.15, 0.2) is 0 Å². The molecule has 0 atom stereocenters. The fourth-order valence-corrected chi connectivity index (χ4v) is 2.51. The normalized spacial score (nSPS) is 12.9. The summed E-state index contributed by atoms with van der Waals surface area (Å²) in [5.41, 5.74) is 2.07. The Morgan fingerprint density at radius 2 is 1.83 bits per heavy atom. The number of fused-ring (bicyclic) bond motifs is 1. The molecule has 116 valence electrons. The van der Waals surface area contributed by atoms with Crippen LogP contribution in [0.3, 0.4) is 0 Å². The van der Waals surface area contributed by atoms with Crippen LogP contribution in [0.4, 0.5) is 0 Å². The zero-order valence-corrected chi connectivity index (χ0v) is 12.2. The van der Waals surface area contributed by atoms with Gasteiger partial charge in [-0.15, -0.1) is 0 Å². The molecular formula is C18H14O5. The van der Waals surface area contributed by atoms with Crippen LogP contribution >= 0.6 is 0 Å². The van der Waals surface area contributed by atoms with Gasteiger partial charge in [0.25, 0.3) is 5.78 Å². The van der Waals surface area contributed by atoms with Crippen LogP contribution in [0, 0.1) is 0 Å². The van der Waals surface area contributed by atoms with Gasteiger partial charge < -0.3 is 14.9 Å². The van der Waals surface area contributed by atoms with E-state index >= 15 is 0 Å². The lowest BCUT2D eigenvalue weighted by Crippen LogP contribution is -2.15. The van der Waals surface area contributed by atoms with Crippen molar-refractivity contribution in [2.75, 3.05) is 0 Å². The Labute approximate surface area is 132 Å². The van der Waals surface area contributed by atoms with E-state index in [2.05, 4.69) is 0 Å². The molecule has 3 rings (SSSR count). The highest BCUT2D eigenvalue weighted by Gasteiger charge is 2.29. The molecular weight excluding hydrogens is 296 g/mol. The molecule has 23 heavy (non-hydrogen) atoms. The second-order valence-electron chi connectivity index (χ2n) is 5.23. The second-order valence-corrected chi connectivity index (χ2v) is 5.23. The van der Waals surface area contributed by atoms with Gasteiger partial charge in [-0.05, 0) is 23.3 Å². The van der Waals surface area contributed by atoms with Gasteiger partial charge in [-0.2, -0.15) is 0 Å². The van der Waals surface area contributed by atoms with Crippen LogP contribution < -0.4 is 4.74 Å². The Kier molecular flexibility index (Phi) is 3.85. The summed E-state index contributed by atoms with van der Waals surface area (Å²) in [6, 6.07) is 14.7. The first kappa shape index (κ1) is 14.8. The first-order valence-electron chi connectivity index (χ1n) is 7.06. The molecule has 0 heterocycles. The van der Waals surface area contributed by atoms with Crippen molar-refractivity contribution in [3.63, 3.8) is 0 Å². The summed E-state index contributed by atoms with van der Waals surface area (Å²) in [5.74, 6) is -2.38. The lowest BCUT2D eigenvalue weighted by atomic mass is 10.1. The summed E-state index contributed by atoms with van der Waals surface area (Å²) in [6.45, 7) is 0.380. The summed E-state index contributed by atoms with van der Waals surface area (Å²) in [6.07, 6.45) is 0.116. The predicted octanol–water partition coefficient (Wildman–Crippen LogP) is 2.74. The molecule has 0 radical (unpaired) electrons. The number of aliphatic hydroxyl groups excluding tert-OH is 1. The fourth-order valence-electron chi connectivity index (χ4n) is 2.51. The molecule has 1 aliphatic carbocycles. The van der Waals surface area contributed by atoms with E-state index in [1.165, 1.54) is 0 Å². The average Bonchev–Trinajstić information content (AvgIpc) is 2.89. The van der Waals surface area contributed by atoms with E-state index in [9.17, 15) is 14.7 Å². The monoisotopic (exact) mass is 310 g/mol. The zero-order valence-electron chi connectivity index (χ0n) is 12.2. The number of carbonyl (C=O) groups is 2. The van der Waals surface area contributed by atoms with Crippen molar-refractivity contribution >= 4 is 17.5 Å². The van der Waals surface area contributed by atoms with Crippen molar-refractivity contribution in [1.29, 1.82) is 0 Å². The first-order valence-corrected chi connectivity index (χ1v) is 7.06. The molecule has 5 nitrogen and oxygen atoms in total. The predicted molar refractivity (Wildman–Crippen MR) is 83.1 cm³/mol. The minimum absolute atomic E-state index is 0.0901. The van der Waals surface area contributed by atoms with Gasteiger partial charge >= 0.3 is 5.97 Å². The molecule has 0 saturated heterocycles. The summed E-state index contributed by atoms with van der Waals surface area (Å²) < 4.78 is 5.67. The smallest absolute Gasteiger partial charge is 0.377 e. The highest BCUT2D eigenvalue weighted by molar-refractivity contribution is 6.41. The molecule has 2 aromatic carbocycles. The Bertz CT molecular complexity index is 805. The molecule has 0 spiro atoms. The Morgan fingerprint density at radius 1 is 1.09 bits per heavy atom. The highest BCUT2D eigenvalue weighted by atomic mass is 16.5. The summed E-state index contributed by atoms with van der Waals surface area (Å²) in [5, 5.41) is 18.9. The third-order valence-electron chi connectivity index (χ3n) is 3.71. The number of carboxylic acids is 1. The van der Waals surface area contributed by atoms with Gasteiger partial charge in [-0.25, -0.2) is 4.79 Å². The molecule has 2 aromatic rings. The zero-order chi connectivity index (χ0) is 16.4. The molecule has 5 heteroatoms. The van der Waals surface area contributed by atoms with Crippen molar-refractivity contribution in [2.24, 2.45) is 0 Å². The van der Waals surface area contributed by atoms with E-state index in [0.29, 0.717) is 23.5 Å². The third-order valence-corrected chi connectivity index (χ3v) is 3.71. The van der Waals surface area contributed by atoms with Crippen molar-refractivity contribution in [3.8, 4) is 5.75 Å². The van der Waals surface area contributed by atoms with Crippen LogP contribution in [0.2, 0.25) is 0 Å². The number of aliphatic carboxylic acids is 1. The van der Waals surface area contributed by atoms with Crippen LogP contribution in [0.15, 0.2) is 54.1 Å². The fraction of sp³-hybridized carbons (Fsp3) is 0.111. The molecule has 0 amide bonds. The topological polar surface area (TPSA) is 83.8 Å². The third kappa shape index (κ3) is 2.94. The summed E-state index contributed by atoms with van der Waals surface area (Å²) in [7, 11) is 0. The molecule has 0 bridgehead atoms. The Hall–Kier alpha value is -3.08. The number of hydrogen-bond acceptors (Lipinski definition) is 4. The largest absolute Gasteiger partial charge is 0.507 e. The number of Topliss-reactive ketones (excluding diaryl/α,β-unsaturated/α-hetero) is 1. The van der Waals surface area contributed by atoms with Gasteiger partial charge in [0, 0.05) is 12.0 Å². The maximum absolute atomic E-state index is 11.6. The van der Waals surface area contributed by atoms with E-state index in [1.807, 2.05) is 30.3 Å². The van der Waals surface area contributed by atoms with Gasteiger partial charge in [0.2, 0.25) is 0 Å². The number of hydrogen-bond donors (Lipinski definition) is 2. The van der Waals surface area contributed by atoms with Gasteiger partial charge in [0.1, 0.15) is 18.1 Å². The number of ether oxygens (including phenoxy) is 1. The van der Waals surface area contributed by atoms with Gasteiger partial charge in [-0.3, -0.25) is 4.79 Å². The minimum atomic E-state index is -1.57. The lowest BCUT2D eigenvalue weighted by molar-refractivity contribution is -0.147. The van der Waals surface area contributed by atoms with Crippen molar-refractivity contribution in [3.05, 3.63) is 70.8 Å². The number of aliphatic hydroxyl groups is 1. The Morgan fingerprint density at radius 3 is 2.52 bits per heavy atom. The quantitative estimate of drug-likeness (QED) is 0.830. The van der Waals surface area contributed by atoms with Crippen molar-refractivity contribution < 1.29 is 24.5 Å². The number of ketones is 1. The maximum Gasteiger partial charge on any atom is 0.377 e. The second kappa shape index (κ2) is 5.96. The number of benzene rings is 2. The van der Waals surface area contributed by atoms with Crippen LogP contribution in [0.5, 0.6) is 5.75 Å². The average molecular weight is 310 g/mol. The van der Waals surface area contributed by atoms with Gasteiger partial charge in [0.05, 0.1) is 5.57 Å². The van der Waals surface area contributed by atoms with Crippen molar-refractivity contribution in [1.82, 2.24) is 0 Å². The molecule has 0 unspecified atom stereocenters. The molecule has 0 fully saturated rings. The SMILES string of the molecule is O=C(O)C(=O)C1=C(O)c2cc(OCc3ccccc3)ccc2C1. The van der Waals surface area contributed by atoms with E-state index < -0.39 is 11.8 Å². The first-order chi connectivity index (χ1) is 11.1. The molecule has 2 N–H and O–H groups in total. The summed E-state index contributed by atoms with van der Waals surface area (Å²) >= 11 is 0. The molecule has 0 aromatic heterocycles. The Balaban J connectivity index is 1.81. The van der Waals surface area contributed by atoms with E-state index in [-0.39, 0.29) is 17.8 Å². The number of carbonyl (C=O) groups excluding carboxylic acids is 1. The molecule has 1 aliphatic rings. The van der Waals surface area contributed by atoms with E-state index in [1.54, 1.807) is 18.2 Å². The maximum atomic E-state index is 11.6. The van der Waals surface area contributed by atoms with Crippen LogP contribution in [-0.2, 0) is 22.6 Å². The number of rotatable bonds is 5. The van der Waals surface area contributed by atoms with Crippen LogP contribution in [0.25, 0.3) is 5.76 Å². The van der Waals surface area contributed by atoms with Gasteiger partial charge in [-0.1, -0.05) is 36.4 Å². The van der Waals surface area contributed by atoms with Crippen LogP contribution in [0.1, 0.15) is 16.7 Å². The standard InChI is InChI=1S/C18H14O5/c19-16-14-9-13(23-10-11-4-2-1-3-5-11)7-6-12(14)8-15(16)17(20)18(21)22/h1-7,9,19H,8,10H2,(H,21,22). The van der Waals surface area contributed by atoms with Crippen molar-refractivity contribution in [2.45, 2.75) is 13.0 Å². The summed E-state index contributed by atoms with van der Waals surface area (Å²) in [4.78, 5) is 22.4. The van der Waals surface area contributed by atoms with E-state index in [0.717, 1.165) is 5.56 Å².